The third kappa shape index (κ3) is 13.7. The highest BCUT2D eigenvalue weighted by molar-refractivity contribution is 4.49. The van der Waals surface area contributed by atoms with Crippen molar-refractivity contribution in [1.82, 2.24) is 0 Å². The van der Waals surface area contributed by atoms with Gasteiger partial charge in [0.1, 0.15) is 0 Å². The van der Waals surface area contributed by atoms with Crippen LogP contribution in [-0.4, -0.2) is 30.7 Å². The van der Waals surface area contributed by atoms with Crippen molar-refractivity contribution in [3.05, 3.63) is 0 Å². The van der Waals surface area contributed by atoms with Gasteiger partial charge in [0.15, 0.2) is 12.5 Å². The molecule has 3 nitrogen and oxygen atoms in total. The number of aliphatic hydroxyl groups excluding tert-OH is 1. The molecule has 0 amide bonds. The van der Waals surface area contributed by atoms with Crippen LogP contribution in [0.4, 0.5) is 0 Å². The average Bonchev–Trinajstić information content (AvgIpc) is 2.60. The zero-order chi connectivity index (χ0) is 18.8. The van der Waals surface area contributed by atoms with E-state index in [2.05, 4.69) is 27.7 Å². The zero-order valence-corrected chi connectivity index (χ0v) is 17.8. The maximum absolute atomic E-state index is 10.4. The van der Waals surface area contributed by atoms with Crippen LogP contribution in [0.1, 0.15) is 118 Å². The van der Waals surface area contributed by atoms with E-state index in [1.165, 1.54) is 62.7 Å². The van der Waals surface area contributed by atoms with Gasteiger partial charge in [-0.05, 0) is 26.2 Å². The van der Waals surface area contributed by atoms with E-state index < -0.39 is 0 Å². The number of ether oxygens (including phenoxy) is 1. The molecule has 0 saturated carbocycles. The molecule has 25 heavy (non-hydrogen) atoms. The number of nitrogens with one attached hydrogen (secondary N) is 1. The van der Waals surface area contributed by atoms with Gasteiger partial charge in [-0.15, -0.1) is 0 Å². The number of hydrogen-bond acceptors (Lipinski definition) is 2. The first-order valence-corrected chi connectivity index (χ1v) is 11.4. The molecule has 0 aromatic heterocycles. The molecule has 0 aliphatic heterocycles. The van der Waals surface area contributed by atoms with Crippen molar-refractivity contribution in [2.24, 2.45) is 0 Å². The first kappa shape index (κ1) is 24.9. The molecule has 0 bridgehead atoms. The van der Waals surface area contributed by atoms with E-state index in [-0.39, 0.29) is 12.5 Å². The average molecular weight is 359 g/mol. The fourth-order valence-corrected chi connectivity index (χ4v) is 3.59. The minimum atomic E-state index is -0.278. The second-order valence-electron chi connectivity index (χ2n) is 7.56. The molecule has 0 aliphatic rings. The quantitative estimate of drug-likeness (QED) is 0.249. The van der Waals surface area contributed by atoms with Crippen LogP contribution in [0.25, 0.3) is 0 Å². The lowest BCUT2D eigenvalue weighted by Gasteiger charge is -2.31. The van der Waals surface area contributed by atoms with Gasteiger partial charge >= 0.3 is 0 Å². The summed E-state index contributed by atoms with van der Waals surface area (Å²) >= 11 is 0. The van der Waals surface area contributed by atoms with Crippen molar-refractivity contribution in [2.75, 3.05) is 13.2 Å². The zero-order valence-electron chi connectivity index (χ0n) is 17.8. The van der Waals surface area contributed by atoms with Crippen LogP contribution in [0.15, 0.2) is 0 Å². The van der Waals surface area contributed by atoms with E-state index >= 15 is 0 Å². The summed E-state index contributed by atoms with van der Waals surface area (Å²) in [6.07, 6.45) is 17.5. The van der Waals surface area contributed by atoms with Gasteiger partial charge in [0.2, 0.25) is 0 Å². The largest absolute Gasteiger partial charge is 0.345 e. The Morgan fingerprint density at radius 2 is 1.20 bits per heavy atom. The van der Waals surface area contributed by atoms with Gasteiger partial charge in [0.05, 0.1) is 13.2 Å². The predicted molar refractivity (Wildman–Crippen MR) is 109 cm³/mol. The predicted octanol–water partition coefficient (Wildman–Crippen LogP) is 5.07. The van der Waals surface area contributed by atoms with Crippen LogP contribution in [0.2, 0.25) is 0 Å². The molecule has 0 aliphatic carbocycles. The molecule has 0 heterocycles. The monoisotopic (exact) mass is 358 g/mol. The molecule has 0 spiro atoms. The number of aliphatic hydroxyl groups is 1. The molecule has 3 atom stereocenters. The van der Waals surface area contributed by atoms with Crippen molar-refractivity contribution in [3.8, 4) is 0 Å². The molecule has 0 aromatic rings. The molecule has 3 unspecified atom stereocenters. The lowest BCUT2D eigenvalue weighted by Crippen LogP contribution is -3.19. The minimum Gasteiger partial charge on any atom is -0.345 e. The van der Waals surface area contributed by atoms with E-state index in [9.17, 15) is 5.11 Å². The highest BCUT2D eigenvalue weighted by Crippen LogP contribution is 2.10. The van der Waals surface area contributed by atoms with Crippen LogP contribution in [0, 0.1) is 0 Å². The van der Waals surface area contributed by atoms with Gasteiger partial charge in [-0.2, -0.15) is 0 Å². The summed E-state index contributed by atoms with van der Waals surface area (Å²) in [7, 11) is 0. The molecule has 0 radical (unpaired) electrons. The summed E-state index contributed by atoms with van der Waals surface area (Å²) in [4.78, 5) is 1.22. The lowest BCUT2D eigenvalue weighted by molar-refractivity contribution is -0.990. The van der Waals surface area contributed by atoms with Crippen LogP contribution < -0.4 is 4.90 Å². The molecule has 3 heteroatoms. The third-order valence-electron chi connectivity index (χ3n) is 5.18. The highest BCUT2D eigenvalue weighted by atomic mass is 16.5. The number of unbranched alkanes of at least 4 members (excludes halogenated alkanes) is 9. The van der Waals surface area contributed by atoms with Crippen LogP contribution >= 0.6 is 0 Å². The number of hydrogen-bond donors (Lipinski definition) is 2. The Balaban J connectivity index is 3.78. The second kappa shape index (κ2) is 18.7. The number of rotatable bonds is 19. The summed E-state index contributed by atoms with van der Waals surface area (Å²) in [5.74, 6) is 0. The Hall–Kier alpha value is -0.120. The van der Waals surface area contributed by atoms with Crippen molar-refractivity contribution in [2.45, 2.75) is 130 Å². The fraction of sp³-hybridized carbons (Fsp3) is 1.00. The minimum absolute atomic E-state index is 0.162. The van der Waals surface area contributed by atoms with Gasteiger partial charge in [-0.25, -0.2) is 0 Å². The van der Waals surface area contributed by atoms with Gasteiger partial charge in [-0.1, -0.05) is 78.6 Å². The summed E-state index contributed by atoms with van der Waals surface area (Å²) in [6, 6.07) is 0. The summed E-state index contributed by atoms with van der Waals surface area (Å²) in [5, 5.41) is 10.4. The summed E-state index contributed by atoms with van der Waals surface area (Å²) in [5.41, 5.74) is 0. The van der Waals surface area contributed by atoms with E-state index in [1.807, 2.05) is 0 Å². The Morgan fingerprint density at radius 1 is 0.680 bits per heavy atom. The Kier molecular flexibility index (Phi) is 18.6. The topological polar surface area (TPSA) is 33.9 Å². The standard InChI is InChI=1S/C22H47NO2/c1-5-9-10-11-12-13-14-15-16-17-20-25-22(19-7-3)23(8-4)21(24)18-6-2/h21-22,24H,5-20H2,1-4H3/p+1. The SMILES string of the molecule is CCCCCCCCCCCCOC(CCC)[NH+](CC)C(O)CCC. The molecule has 0 fully saturated rings. The maximum Gasteiger partial charge on any atom is 0.193 e. The van der Waals surface area contributed by atoms with Gasteiger partial charge in [0, 0.05) is 12.8 Å². The molecule has 2 N–H and O–H groups in total. The van der Waals surface area contributed by atoms with Crippen molar-refractivity contribution in [3.63, 3.8) is 0 Å². The lowest BCUT2D eigenvalue weighted by atomic mass is 10.1. The summed E-state index contributed by atoms with van der Waals surface area (Å²) < 4.78 is 6.18. The van der Waals surface area contributed by atoms with E-state index in [1.54, 1.807) is 0 Å². The van der Waals surface area contributed by atoms with Crippen molar-refractivity contribution in [1.29, 1.82) is 0 Å². The Morgan fingerprint density at radius 3 is 1.68 bits per heavy atom. The van der Waals surface area contributed by atoms with Crippen LogP contribution in [-0.2, 0) is 4.74 Å². The van der Waals surface area contributed by atoms with Gasteiger partial charge in [-0.3, -0.25) is 4.90 Å². The van der Waals surface area contributed by atoms with Crippen molar-refractivity contribution >= 4 is 0 Å². The van der Waals surface area contributed by atoms with Crippen molar-refractivity contribution < 1.29 is 14.7 Å². The van der Waals surface area contributed by atoms with E-state index in [4.69, 9.17) is 4.74 Å². The van der Waals surface area contributed by atoms with Crippen LogP contribution in [0.5, 0.6) is 0 Å². The molecule has 0 aromatic carbocycles. The van der Waals surface area contributed by atoms with E-state index in [0.717, 1.165) is 45.3 Å². The fourth-order valence-electron chi connectivity index (χ4n) is 3.59. The normalized spacial score (nSPS) is 15.2. The Labute approximate surface area is 158 Å². The first-order chi connectivity index (χ1) is 12.2. The maximum atomic E-state index is 10.4. The molecule has 0 saturated heterocycles. The second-order valence-corrected chi connectivity index (χ2v) is 7.56. The third-order valence-corrected chi connectivity index (χ3v) is 5.18. The van der Waals surface area contributed by atoms with Gasteiger partial charge < -0.3 is 9.84 Å². The van der Waals surface area contributed by atoms with E-state index in [0.29, 0.717) is 0 Å². The molecular formula is C22H48NO2+. The summed E-state index contributed by atoms with van der Waals surface area (Å²) in [6.45, 7) is 10.6. The molecular weight excluding hydrogens is 310 g/mol. The van der Waals surface area contributed by atoms with Crippen LogP contribution in [0.3, 0.4) is 0 Å². The smallest absolute Gasteiger partial charge is 0.193 e. The molecule has 0 rings (SSSR count). The molecule has 152 valence electrons. The van der Waals surface area contributed by atoms with Gasteiger partial charge in [0.25, 0.3) is 0 Å². The first-order valence-electron chi connectivity index (χ1n) is 11.4. The Bertz CT molecular complexity index is 260. The number of quaternary nitrogens is 1. The highest BCUT2D eigenvalue weighted by Gasteiger charge is 2.26.